The zero-order valence-electron chi connectivity index (χ0n) is 9.67. The van der Waals surface area contributed by atoms with Gasteiger partial charge in [0.15, 0.2) is 23.0 Å². The standard InChI is InChI=1S/C14H12O4/c1-2-6-12-11(5-1)15-9-17-13-7-3-4-8-14(13)18-10-16-12/h1-8H,9-10H2. The number of rotatable bonds is 0. The van der Waals surface area contributed by atoms with Gasteiger partial charge in [-0.2, -0.15) is 0 Å². The molecule has 0 saturated carbocycles. The van der Waals surface area contributed by atoms with Crippen LogP contribution in [0.4, 0.5) is 0 Å². The fourth-order valence-electron chi connectivity index (χ4n) is 1.69. The molecule has 3 rings (SSSR count). The molecule has 1 aliphatic rings. The summed E-state index contributed by atoms with van der Waals surface area (Å²) in [7, 11) is 0. The molecule has 0 radical (unpaired) electrons. The summed E-state index contributed by atoms with van der Waals surface area (Å²) in [6.07, 6.45) is 0. The lowest BCUT2D eigenvalue weighted by atomic mass is 10.3. The van der Waals surface area contributed by atoms with E-state index in [1.807, 2.05) is 48.5 Å². The average molecular weight is 244 g/mol. The first-order valence-corrected chi connectivity index (χ1v) is 5.63. The van der Waals surface area contributed by atoms with Crippen LogP contribution in [0.2, 0.25) is 0 Å². The van der Waals surface area contributed by atoms with Crippen LogP contribution in [-0.4, -0.2) is 13.6 Å². The maximum atomic E-state index is 5.52. The summed E-state index contributed by atoms with van der Waals surface area (Å²) >= 11 is 0. The Morgan fingerprint density at radius 1 is 0.500 bits per heavy atom. The van der Waals surface area contributed by atoms with E-state index in [1.54, 1.807) is 0 Å². The molecule has 18 heavy (non-hydrogen) atoms. The Kier molecular flexibility index (Phi) is 2.92. The number of fused-ring (bicyclic) bond motifs is 2. The van der Waals surface area contributed by atoms with Crippen molar-refractivity contribution in [3.63, 3.8) is 0 Å². The summed E-state index contributed by atoms with van der Waals surface area (Å²) < 4.78 is 22.1. The van der Waals surface area contributed by atoms with Gasteiger partial charge in [0.2, 0.25) is 13.6 Å². The van der Waals surface area contributed by atoms with Crippen molar-refractivity contribution in [2.75, 3.05) is 13.6 Å². The Morgan fingerprint density at radius 2 is 0.778 bits per heavy atom. The molecule has 0 saturated heterocycles. The summed E-state index contributed by atoms with van der Waals surface area (Å²) in [6, 6.07) is 14.8. The van der Waals surface area contributed by atoms with E-state index in [1.165, 1.54) is 0 Å². The van der Waals surface area contributed by atoms with Crippen molar-refractivity contribution in [3.05, 3.63) is 48.5 Å². The van der Waals surface area contributed by atoms with Crippen molar-refractivity contribution >= 4 is 0 Å². The molecule has 1 aliphatic heterocycles. The van der Waals surface area contributed by atoms with Crippen molar-refractivity contribution in [1.29, 1.82) is 0 Å². The summed E-state index contributed by atoms with van der Waals surface area (Å²) in [5.41, 5.74) is 0. The quantitative estimate of drug-likeness (QED) is 0.714. The molecule has 1 heterocycles. The molecule has 4 nitrogen and oxygen atoms in total. The third-order valence-corrected chi connectivity index (χ3v) is 2.56. The minimum atomic E-state index is 0.112. The Balaban J connectivity index is 1.85. The lowest BCUT2D eigenvalue weighted by Gasteiger charge is -2.18. The van der Waals surface area contributed by atoms with E-state index in [9.17, 15) is 0 Å². The lowest BCUT2D eigenvalue weighted by molar-refractivity contribution is 0.0723. The third kappa shape index (κ3) is 2.18. The molecular formula is C14H12O4. The second kappa shape index (κ2) is 4.87. The minimum Gasteiger partial charge on any atom is -0.454 e. The van der Waals surface area contributed by atoms with E-state index in [0.717, 1.165) is 0 Å². The molecule has 0 atom stereocenters. The first-order chi connectivity index (χ1) is 8.93. The van der Waals surface area contributed by atoms with Gasteiger partial charge >= 0.3 is 0 Å². The van der Waals surface area contributed by atoms with Gasteiger partial charge in [0.25, 0.3) is 0 Å². The van der Waals surface area contributed by atoms with E-state index >= 15 is 0 Å². The zero-order chi connectivity index (χ0) is 12.2. The normalized spacial score (nSPS) is 13.8. The van der Waals surface area contributed by atoms with Crippen molar-refractivity contribution in [1.82, 2.24) is 0 Å². The Morgan fingerprint density at radius 3 is 1.06 bits per heavy atom. The molecule has 0 amide bonds. The van der Waals surface area contributed by atoms with Gasteiger partial charge in [0.05, 0.1) is 0 Å². The second-order valence-electron chi connectivity index (χ2n) is 3.71. The van der Waals surface area contributed by atoms with Gasteiger partial charge in [-0.25, -0.2) is 0 Å². The van der Waals surface area contributed by atoms with Crippen LogP contribution in [-0.2, 0) is 0 Å². The second-order valence-corrected chi connectivity index (χ2v) is 3.71. The van der Waals surface area contributed by atoms with Crippen molar-refractivity contribution in [2.45, 2.75) is 0 Å². The maximum Gasteiger partial charge on any atom is 0.231 e. The predicted molar refractivity (Wildman–Crippen MR) is 65.1 cm³/mol. The molecule has 0 aromatic heterocycles. The highest BCUT2D eigenvalue weighted by Gasteiger charge is 2.10. The van der Waals surface area contributed by atoms with Crippen LogP contribution in [0.1, 0.15) is 0 Å². The number of benzene rings is 2. The summed E-state index contributed by atoms with van der Waals surface area (Å²) in [6.45, 7) is 0.224. The van der Waals surface area contributed by atoms with E-state index in [0.29, 0.717) is 23.0 Å². The van der Waals surface area contributed by atoms with Crippen LogP contribution in [0.15, 0.2) is 48.5 Å². The summed E-state index contributed by atoms with van der Waals surface area (Å²) in [4.78, 5) is 0. The van der Waals surface area contributed by atoms with E-state index in [-0.39, 0.29) is 13.6 Å². The molecular weight excluding hydrogens is 232 g/mol. The first kappa shape index (κ1) is 10.8. The van der Waals surface area contributed by atoms with Gasteiger partial charge in [-0.3, -0.25) is 0 Å². The fourth-order valence-corrected chi connectivity index (χ4v) is 1.69. The summed E-state index contributed by atoms with van der Waals surface area (Å²) in [5.74, 6) is 2.56. The van der Waals surface area contributed by atoms with Gasteiger partial charge in [-0.1, -0.05) is 24.3 Å². The van der Waals surface area contributed by atoms with Gasteiger partial charge in [0, 0.05) is 0 Å². The smallest absolute Gasteiger partial charge is 0.231 e. The van der Waals surface area contributed by atoms with Crippen molar-refractivity contribution in [2.24, 2.45) is 0 Å². The topological polar surface area (TPSA) is 36.9 Å². The van der Waals surface area contributed by atoms with Crippen molar-refractivity contribution < 1.29 is 18.9 Å². The predicted octanol–water partition coefficient (Wildman–Crippen LogP) is 2.83. The Hall–Kier alpha value is -2.36. The van der Waals surface area contributed by atoms with E-state index in [4.69, 9.17) is 18.9 Å². The molecule has 0 fully saturated rings. The lowest BCUT2D eigenvalue weighted by Crippen LogP contribution is -2.13. The van der Waals surface area contributed by atoms with Crippen LogP contribution >= 0.6 is 0 Å². The van der Waals surface area contributed by atoms with Gasteiger partial charge < -0.3 is 18.9 Å². The minimum absolute atomic E-state index is 0.112. The van der Waals surface area contributed by atoms with Crippen molar-refractivity contribution in [3.8, 4) is 23.0 Å². The van der Waals surface area contributed by atoms with Crippen LogP contribution in [0.3, 0.4) is 0 Å². The highest BCUT2D eigenvalue weighted by molar-refractivity contribution is 5.41. The molecule has 0 bridgehead atoms. The average Bonchev–Trinajstić information content (AvgIpc) is 2.43. The number of hydrogen-bond donors (Lipinski definition) is 0. The Bertz CT molecular complexity index is 443. The van der Waals surface area contributed by atoms with Gasteiger partial charge in [-0.15, -0.1) is 0 Å². The highest BCUT2D eigenvalue weighted by Crippen LogP contribution is 2.30. The number of para-hydroxylation sites is 4. The third-order valence-electron chi connectivity index (χ3n) is 2.56. The highest BCUT2D eigenvalue weighted by atomic mass is 16.7. The largest absolute Gasteiger partial charge is 0.454 e. The van der Waals surface area contributed by atoms with Crippen LogP contribution < -0.4 is 18.9 Å². The monoisotopic (exact) mass is 244 g/mol. The molecule has 0 spiro atoms. The summed E-state index contributed by atoms with van der Waals surface area (Å²) in [5, 5.41) is 0. The molecule has 0 N–H and O–H groups in total. The molecule has 2 aromatic carbocycles. The molecule has 2 aromatic rings. The maximum absolute atomic E-state index is 5.52. The fraction of sp³-hybridized carbons (Fsp3) is 0.143. The zero-order valence-corrected chi connectivity index (χ0v) is 9.67. The van der Waals surface area contributed by atoms with Crippen LogP contribution in [0.25, 0.3) is 0 Å². The van der Waals surface area contributed by atoms with E-state index < -0.39 is 0 Å². The molecule has 4 heteroatoms. The number of hydrogen-bond acceptors (Lipinski definition) is 4. The van der Waals surface area contributed by atoms with Crippen LogP contribution in [0.5, 0.6) is 23.0 Å². The molecule has 0 unspecified atom stereocenters. The van der Waals surface area contributed by atoms with Gasteiger partial charge in [-0.05, 0) is 24.3 Å². The molecule has 92 valence electrons. The van der Waals surface area contributed by atoms with Gasteiger partial charge in [0.1, 0.15) is 0 Å². The Labute approximate surface area is 105 Å². The molecule has 0 aliphatic carbocycles. The van der Waals surface area contributed by atoms with E-state index in [2.05, 4.69) is 0 Å². The SMILES string of the molecule is c1ccc2c(c1)OCOc1ccccc1OCO2. The first-order valence-electron chi connectivity index (χ1n) is 5.63. The van der Waals surface area contributed by atoms with Crippen LogP contribution in [0, 0.1) is 0 Å². The number of ether oxygens (including phenoxy) is 4.